The van der Waals surface area contributed by atoms with Crippen LogP contribution in [-0.2, 0) is 6.54 Å². The fraction of sp³-hybridized carbons (Fsp3) is 0.407. The highest BCUT2D eigenvalue weighted by atomic mass is 127. The Hall–Kier alpha value is -3.84. The van der Waals surface area contributed by atoms with E-state index in [1.54, 1.807) is 16.8 Å². The summed E-state index contributed by atoms with van der Waals surface area (Å²) in [7, 11) is 0. The van der Waals surface area contributed by atoms with Gasteiger partial charge in [0.1, 0.15) is 21.6 Å². The summed E-state index contributed by atoms with van der Waals surface area (Å²) < 4.78 is 18.4. The van der Waals surface area contributed by atoms with Crippen LogP contribution < -0.4 is 10.6 Å². The van der Waals surface area contributed by atoms with Crippen LogP contribution >= 0.6 is 22.6 Å². The molecular formula is C27H29FIN9O3. The third-order valence-electron chi connectivity index (χ3n) is 7.42. The molecule has 0 aromatic carbocycles. The molecule has 1 aliphatic carbocycles. The van der Waals surface area contributed by atoms with Crippen LogP contribution in [-0.4, -0.2) is 69.8 Å². The first-order valence-corrected chi connectivity index (χ1v) is 14.1. The molecule has 0 saturated heterocycles. The quantitative estimate of drug-likeness (QED) is 0.192. The van der Waals surface area contributed by atoms with Crippen molar-refractivity contribution in [3.63, 3.8) is 0 Å². The third-order valence-corrected chi connectivity index (χ3v) is 8.49. The van der Waals surface area contributed by atoms with Crippen LogP contribution in [0, 0.1) is 20.9 Å². The van der Waals surface area contributed by atoms with Crippen LogP contribution in [0.1, 0.15) is 39.2 Å². The monoisotopic (exact) mass is 673 g/mol. The molecule has 0 radical (unpaired) electrons. The van der Waals surface area contributed by atoms with E-state index in [0.717, 1.165) is 29.7 Å². The molecule has 14 heteroatoms. The standard InChI is InChI=1S/C27H29FIN9O3/c1-14(33-26(39)40)16-7-17(8-16)34-20-9-21(22-5-4-18-6-15(10-30)11-32-38(18)22)31-12-19(20)24-25(29)37(36-35-24)13-23(28)27(2,3)41/h4-6,9,11-12,14,16-17,23,33,41H,7-8,13H2,1-3H3,(H,31,34)(H,39,40)/t14-,16?,17?,23?/m1/s1. The summed E-state index contributed by atoms with van der Waals surface area (Å²) in [6.45, 7) is 4.52. The smallest absolute Gasteiger partial charge is 0.404 e. The minimum atomic E-state index is -1.55. The molecule has 12 nitrogen and oxygen atoms in total. The molecule has 214 valence electrons. The highest BCUT2D eigenvalue weighted by molar-refractivity contribution is 14.1. The number of nitrogens with one attached hydrogen (secondary N) is 2. The van der Waals surface area contributed by atoms with Crippen molar-refractivity contribution in [2.24, 2.45) is 5.92 Å². The van der Waals surface area contributed by atoms with E-state index in [2.05, 4.69) is 54.7 Å². The van der Waals surface area contributed by atoms with Gasteiger partial charge in [0, 0.05) is 29.5 Å². The topological polar surface area (TPSA) is 166 Å². The third kappa shape index (κ3) is 5.96. The number of nitriles is 1. The van der Waals surface area contributed by atoms with E-state index in [0.29, 0.717) is 26.2 Å². The molecule has 1 fully saturated rings. The van der Waals surface area contributed by atoms with Gasteiger partial charge in [-0.1, -0.05) is 5.21 Å². The zero-order valence-electron chi connectivity index (χ0n) is 22.6. The fourth-order valence-electron chi connectivity index (χ4n) is 4.84. The molecule has 1 aliphatic rings. The van der Waals surface area contributed by atoms with Gasteiger partial charge in [0.2, 0.25) is 0 Å². The summed E-state index contributed by atoms with van der Waals surface area (Å²) in [4.78, 5) is 15.7. The molecule has 4 aromatic heterocycles. The Labute approximate surface area is 248 Å². The minimum absolute atomic E-state index is 0.0885. The second-order valence-electron chi connectivity index (χ2n) is 10.9. The van der Waals surface area contributed by atoms with Crippen LogP contribution in [0.4, 0.5) is 14.9 Å². The van der Waals surface area contributed by atoms with Crippen molar-refractivity contribution in [1.29, 1.82) is 5.26 Å². The van der Waals surface area contributed by atoms with Gasteiger partial charge in [-0.3, -0.25) is 4.98 Å². The molecule has 0 spiro atoms. The van der Waals surface area contributed by atoms with Crippen molar-refractivity contribution in [2.75, 3.05) is 5.32 Å². The van der Waals surface area contributed by atoms with Gasteiger partial charge in [-0.05, 0) is 86.4 Å². The Morgan fingerprint density at radius 2 is 2.07 bits per heavy atom. The normalized spacial score (nSPS) is 18.4. The van der Waals surface area contributed by atoms with Crippen molar-refractivity contribution >= 4 is 39.9 Å². The molecule has 1 unspecified atom stereocenters. The number of carboxylic acid groups (broad SMARTS) is 1. The summed E-state index contributed by atoms with van der Waals surface area (Å²) >= 11 is 2.06. The molecule has 0 bridgehead atoms. The molecular weight excluding hydrogens is 644 g/mol. The number of pyridine rings is 1. The average Bonchev–Trinajstić information content (AvgIpc) is 3.47. The number of halogens is 2. The highest BCUT2D eigenvalue weighted by Gasteiger charge is 2.35. The van der Waals surface area contributed by atoms with Gasteiger partial charge in [0.25, 0.3) is 0 Å². The Morgan fingerprint density at radius 3 is 2.76 bits per heavy atom. The predicted molar refractivity (Wildman–Crippen MR) is 157 cm³/mol. The molecule has 2 atom stereocenters. The van der Waals surface area contributed by atoms with E-state index < -0.39 is 17.9 Å². The van der Waals surface area contributed by atoms with E-state index in [1.165, 1.54) is 24.7 Å². The molecule has 41 heavy (non-hydrogen) atoms. The second-order valence-corrected chi connectivity index (χ2v) is 11.9. The molecule has 1 saturated carbocycles. The lowest BCUT2D eigenvalue weighted by Crippen LogP contribution is -2.47. The first-order chi connectivity index (χ1) is 19.4. The van der Waals surface area contributed by atoms with Gasteiger partial charge in [0.05, 0.1) is 40.8 Å². The van der Waals surface area contributed by atoms with Crippen LogP contribution in [0.3, 0.4) is 0 Å². The predicted octanol–water partition coefficient (Wildman–Crippen LogP) is 4.09. The number of alkyl halides is 1. The van der Waals surface area contributed by atoms with Crippen LogP contribution in [0.15, 0.2) is 36.7 Å². The molecule has 4 N–H and O–H groups in total. The number of anilines is 1. The summed E-state index contributed by atoms with van der Waals surface area (Å²) in [5.41, 5.74) is 2.98. The number of rotatable bonds is 9. The van der Waals surface area contributed by atoms with Gasteiger partial charge >= 0.3 is 6.09 Å². The van der Waals surface area contributed by atoms with Crippen molar-refractivity contribution in [3.05, 3.63) is 45.9 Å². The number of hydrogen-bond donors (Lipinski definition) is 4. The van der Waals surface area contributed by atoms with Crippen molar-refractivity contribution in [3.8, 4) is 28.7 Å². The number of hydrogen-bond acceptors (Lipinski definition) is 8. The largest absolute Gasteiger partial charge is 0.465 e. The van der Waals surface area contributed by atoms with Crippen LogP contribution in [0.5, 0.6) is 0 Å². The summed E-state index contributed by atoms with van der Waals surface area (Å²) in [5.74, 6) is 0.200. The number of aliphatic hydroxyl groups is 1. The van der Waals surface area contributed by atoms with Crippen LogP contribution in [0.25, 0.3) is 28.2 Å². The lowest BCUT2D eigenvalue weighted by molar-refractivity contribution is -0.0123. The van der Waals surface area contributed by atoms with Gasteiger partial charge in [-0.15, -0.1) is 5.10 Å². The van der Waals surface area contributed by atoms with Gasteiger partial charge < -0.3 is 20.8 Å². The number of nitrogens with zero attached hydrogens (tertiary/aromatic N) is 7. The van der Waals surface area contributed by atoms with Gasteiger partial charge in [0.15, 0.2) is 0 Å². The molecule has 4 heterocycles. The molecule has 1 amide bonds. The van der Waals surface area contributed by atoms with Crippen molar-refractivity contribution in [1.82, 2.24) is 34.9 Å². The molecule has 4 aromatic rings. The van der Waals surface area contributed by atoms with E-state index in [-0.39, 0.29) is 24.5 Å². The Balaban J connectivity index is 1.48. The van der Waals surface area contributed by atoms with Crippen molar-refractivity contribution < 1.29 is 19.4 Å². The number of amides is 1. The van der Waals surface area contributed by atoms with E-state index in [1.807, 2.05) is 25.1 Å². The number of aromatic nitrogens is 6. The van der Waals surface area contributed by atoms with Gasteiger partial charge in [-0.25, -0.2) is 18.4 Å². The average molecular weight is 673 g/mol. The highest BCUT2D eigenvalue weighted by Crippen LogP contribution is 2.38. The first kappa shape index (κ1) is 28.7. The zero-order chi connectivity index (χ0) is 29.5. The Bertz CT molecular complexity index is 1640. The Morgan fingerprint density at radius 1 is 1.32 bits per heavy atom. The van der Waals surface area contributed by atoms with Crippen molar-refractivity contribution in [2.45, 2.75) is 64.0 Å². The lowest BCUT2D eigenvalue weighted by atomic mass is 9.76. The molecule has 0 aliphatic heterocycles. The first-order valence-electron chi connectivity index (χ1n) is 13.0. The number of fused-ring (bicyclic) bond motifs is 1. The summed E-state index contributed by atoms with van der Waals surface area (Å²) in [6, 6.07) is 9.41. The SMILES string of the molecule is C[C@@H](NC(=O)O)C1CC(Nc2cc(-c3ccc4cc(C#N)cnn34)ncc2-c2nnn(CC(F)C(C)(C)O)c2I)C1. The zero-order valence-corrected chi connectivity index (χ0v) is 24.7. The fourth-order valence-corrected chi connectivity index (χ4v) is 5.53. The second kappa shape index (κ2) is 11.2. The van der Waals surface area contributed by atoms with Crippen LogP contribution in [0.2, 0.25) is 0 Å². The minimum Gasteiger partial charge on any atom is -0.465 e. The van der Waals surface area contributed by atoms with Gasteiger partial charge in [-0.2, -0.15) is 10.4 Å². The Kier molecular flexibility index (Phi) is 7.84. The summed E-state index contributed by atoms with van der Waals surface area (Å²) in [6.07, 6.45) is 2.13. The molecule has 5 rings (SSSR count). The number of carbonyl (C=O) groups is 1. The summed E-state index contributed by atoms with van der Waals surface area (Å²) in [5, 5.41) is 47.3. The lowest BCUT2D eigenvalue weighted by Gasteiger charge is -2.40. The van der Waals surface area contributed by atoms with E-state index in [9.17, 15) is 19.6 Å². The maximum absolute atomic E-state index is 14.6. The maximum Gasteiger partial charge on any atom is 0.404 e. The van der Waals surface area contributed by atoms with E-state index >= 15 is 0 Å². The van der Waals surface area contributed by atoms with E-state index in [4.69, 9.17) is 10.1 Å². The maximum atomic E-state index is 14.6.